The van der Waals surface area contributed by atoms with Crippen LogP contribution >= 0.6 is 0 Å². The van der Waals surface area contributed by atoms with Crippen molar-refractivity contribution in [3.05, 3.63) is 59.4 Å². The van der Waals surface area contributed by atoms with Crippen LogP contribution in [0.3, 0.4) is 0 Å². The lowest BCUT2D eigenvalue weighted by Crippen LogP contribution is -2.15. The molecular weight excluding hydrogens is 286 g/mol. The number of rotatable bonds is 6. The molecule has 1 aromatic carbocycles. The summed E-state index contributed by atoms with van der Waals surface area (Å²) in [6.07, 6.45) is 3.18. The highest BCUT2D eigenvalue weighted by molar-refractivity contribution is 7.91. The number of anilines is 1. The maximum Gasteiger partial charge on any atom is 0.236 e. The van der Waals surface area contributed by atoms with Gasteiger partial charge < -0.3 is 5.32 Å². The number of benzene rings is 1. The molecule has 1 aromatic heterocycles. The minimum absolute atomic E-state index is 0.0548. The average molecular weight is 305 g/mol. The number of nitrogens with zero attached hydrogens (tertiary/aromatic N) is 1. The van der Waals surface area contributed by atoms with Crippen LogP contribution < -0.4 is 10.0 Å². The lowest BCUT2D eigenvalue weighted by atomic mass is 10.1. The van der Waals surface area contributed by atoms with Crippen LogP contribution in [0.15, 0.2) is 42.7 Å². The Balaban J connectivity index is 2.06. The predicted molar refractivity (Wildman–Crippen MR) is 84.4 cm³/mol. The molecule has 0 spiro atoms. The molecule has 0 saturated heterocycles. The van der Waals surface area contributed by atoms with E-state index in [-0.39, 0.29) is 5.75 Å². The maximum absolute atomic E-state index is 12.1. The number of aromatic nitrogens is 1. The van der Waals surface area contributed by atoms with Gasteiger partial charge >= 0.3 is 0 Å². The standard InChI is InChI=1S/C15H19N3O2S/c1-12-7-15(10-17-8-12)18-21(19,20)11-14-5-3-13(4-6-14)9-16-2/h3-8,10,16,18H,9,11H2,1-2H3. The monoisotopic (exact) mass is 305 g/mol. The highest BCUT2D eigenvalue weighted by Crippen LogP contribution is 2.13. The van der Waals surface area contributed by atoms with Gasteiger partial charge in [-0.3, -0.25) is 9.71 Å². The zero-order valence-corrected chi connectivity index (χ0v) is 12.9. The zero-order valence-electron chi connectivity index (χ0n) is 12.1. The van der Waals surface area contributed by atoms with Crippen molar-refractivity contribution >= 4 is 15.7 Å². The van der Waals surface area contributed by atoms with Crippen LogP contribution in [0.5, 0.6) is 0 Å². The van der Waals surface area contributed by atoms with Gasteiger partial charge in [-0.1, -0.05) is 24.3 Å². The minimum atomic E-state index is -3.44. The van der Waals surface area contributed by atoms with Gasteiger partial charge in [0.05, 0.1) is 17.6 Å². The Morgan fingerprint density at radius 3 is 2.38 bits per heavy atom. The molecule has 5 nitrogen and oxygen atoms in total. The van der Waals surface area contributed by atoms with E-state index in [1.807, 2.05) is 38.2 Å². The Bertz CT molecular complexity index is 697. The summed E-state index contributed by atoms with van der Waals surface area (Å²) in [5.74, 6) is -0.0548. The van der Waals surface area contributed by atoms with E-state index in [2.05, 4.69) is 15.0 Å². The summed E-state index contributed by atoms with van der Waals surface area (Å²) in [6.45, 7) is 2.63. The first kappa shape index (κ1) is 15.5. The van der Waals surface area contributed by atoms with Crippen molar-refractivity contribution < 1.29 is 8.42 Å². The van der Waals surface area contributed by atoms with Gasteiger partial charge in [0.25, 0.3) is 0 Å². The Morgan fingerprint density at radius 2 is 1.76 bits per heavy atom. The SMILES string of the molecule is CNCc1ccc(CS(=O)(=O)Nc2cncc(C)c2)cc1. The molecule has 0 fully saturated rings. The van der Waals surface area contributed by atoms with E-state index in [4.69, 9.17) is 0 Å². The molecule has 2 N–H and O–H groups in total. The molecule has 21 heavy (non-hydrogen) atoms. The molecule has 0 amide bonds. The van der Waals surface area contributed by atoms with Crippen molar-refractivity contribution in [2.75, 3.05) is 11.8 Å². The second-order valence-electron chi connectivity index (χ2n) is 4.96. The summed E-state index contributed by atoms with van der Waals surface area (Å²) < 4.78 is 26.8. The van der Waals surface area contributed by atoms with Crippen LogP contribution in [0.25, 0.3) is 0 Å². The molecule has 112 valence electrons. The van der Waals surface area contributed by atoms with Crippen molar-refractivity contribution in [3.8, 4) is 0 Å². The Morgan fingerprint density at radius 1 is 1.10 bits per heavy atom. The molecule has 0 radical (unpaired) electrons. The minimum Gasteiger partial charge on any atom is -0.316 e. The Labute approximate surface area is 125 Å². The van der Waals surface area contributed by atoms with Crippen molar-refractivity contribution in [2.24, 2.45) is 0 Å². The van der Waals surface area contributed by atoms with Crippen molar-refractivity contribution in [1.29, 1.82) is 0 Å². The van der Waals surface area contributed by atoms with Gasteiger partial charge in [0.1, 0.15) is 0 Å². The summed E-state index contributed by atoms with van der Waals surface area (Å²) in [6, 6.07) is 9.27. The quantitative estimate of drug-likeness (QED) is 0.857. The van der Waals surface area contributed by atoms with Gasteiger partial charge in [0.15, 0.2) is 0 Å². The topological polar surface area (TPSA) is 71.1 Å². The van der Waals surface area contributed by atoms with Crippen LogP contribution in [0.1, 0.15) is 16.7 Å². The predicted octanol–water partition coefficient (Wildman–Crippen LogP) is 2.05. The van der Waals surface area contributed by atoms with E-state index in [9.17, 15) is 8.42 Å². The molecule has 0 atom stereocenters. The molecule has 0 bridgehead atoms. The first-order chi connectivity index (χ1) is 9.98. The molecule has 2 rings (SSSR count). The van der Waals surface area contributed by atoms with Crippen molar-refractivity contribution in [1.82, 2.24) is 10.3 Å². The molecule has 0 unspecified atom stereocenters. The summed E-state index contributed by atoms with van der Waals surface area (Å²) in [4.78, 5) is 3.97. The second-order valence-corrected chi connectivity index (χ2v) is 6.68. The van der Waals surface area contributed by atoms with Crippen LogP contribution in [0, 0.1) is 6.92 Å². The van der Waals surface area contributed by atoms with E-state index in [0.29, 0.717) is 5.69 Å². The molecule has 6 heteroatoms. The largest absolute Gasteiger partial charge is 0.316 e. The molecule has 0 saturated carbocycles. The summed E-state index contributed by atoms with van der Waals surface area (Å²) in [5.41, 5.74) is 3.27. The lowest BCUT2D eigenvalue weighted by Gasteiger charge is -2.09. The number of hydrogen-bond acceptors (Lipinski definition) is 4. The highest BCUT2D eigenvalue weighted by atomic mass is 32.2. The number of aryl methyl sites for hydroxylation is 1. The summed E-state index contributed by atoms with van der Waals surface area (Å²) in [5, 5.41) is 3.05. The third-order valence-electron chi connectivity index (χ3n) is 2.91. The lowest BCUT2D eigenvalue weighted by molar-refractivity contribution is 0.600. The first-order valence-electron chi connectivity index (χ1n) is 6.63. The first-order valence-corrected chi connectivity index (χ1v) is 8.28. The normalized spacial score (nSPS) is 11.3. The van der Waals surface area contributed by atoms with Gasteiger partial charge in [0.2, 0.25) is 10.0 Å². The fourth-order valence-corrected chi connectivity index (χ4v) is 3.18. The third-order valence-corrected chi connectivity index (χ3v) is 4.17. The zero-order chi connectivity index (χ0) is 15.3. The molecule has 1 heterocycles. The number of hydrogen-bond donors (Lipinski definition) is 2. The van der Waals surface area contributed by atoms with E-state index in [1.165, 1.54) is 6.20 Å². The number of sulfonamides is 1. The van der Waals surface area contributed by atoms with Crippen molar-refractivity contribution in [3.63, 3.8) is 0 Å². The highest BCUT2D eigenvalue weighted by Gasteiger charge is 2.12. The summed E-state index contributed by atoms with van der Waals surface area (Å²) >= 11 is 0. The van der Waals surface area contributed by atoms with Crippen LogP contribution in [-0.2, 0) is 22.3 Å². The molecule has 0 aliphatic rings. The van der Waals surface area contributed by atoms with E-state index < -0.39 is 10.0 Å². The number of pyridine rings is 1. The number of nitrogens with one attached hydrogen (secondary N) is 2. The Hall–Kier alpha value is -1.92. The molecular formula is C15H19N3O2S. The van der Waals surface area contributed by atoms with E-state index >= 15 is 0 Å². The second kappa shape index (κ2) is 6.69. The third kappa shape index (κ3) is 4.84. The average Bonchev–Trinajstić information content (AvgIpc) is 2.40. The van der Waals surface area contributed by atoms with Crippen LogP contribution in [0.4, 0.5) is 5.69 Å². The van der Waals surface area contributed by atoms with Crippen molar-refractivity contribution in [2.45, 2.75) is 19.2 Å². The van der Waals surface area contributed by atoms with Gasteiger partial charge in [-0.25, -0.2) is 8.42 Å². The van der Waals surface area contributed by atoms with Gasteiger partial charge in [-0.2, -0.15) is 0 Å². The van der Waals surface area contributed by atoms with E-state index in [1.54, 1.807) is 12.3 Å². The Kier molecular flexibility index (Phi) is 4.93. The van der Waals surface area contributed by atoms with Gasteiger partial charge in [0, 0.05) is 12.7 Å². The molecule has 2 aromatic rings. The van der Waals surface area contributed by atoms with Crippen LogP contribution in [-0.4, -0.2) is 20.4 Å². The molecule has 0 aliphatic carbocycles. The fourth-order valence-electron chi connectivity index (χ4n) is 2.00. The molecule has 0 aliphatic heterocycles. The van der Waals surface area contributed by atoms with Crippen LogP contribution in [0.2, 0.25) is 0 Å². The van der Waals surface area contributed by atoms with E-state index in [0.717, 1.165) is 23.2 Å². The summed E-state index contributed by atoms with van der Waals surface area (Å²) in [7, 11) is -1.56. The van der Waals surface area contributed by atoms with Gasteiger partial charge in [-0.05, 0) is 36.7 Å². The maximum atomic E-state index is 12.1. The van der Waals surface area contributed by atoms with Gasteiger partial charge in [-0.15, -0.1) is 0 Å². The fraction of sp³-hybridized carbons (Fsp3) is 0.267. The smallest absolute Gasteiger partial charge is 0.236 e.